The third-order valence-corrected chi connectivity index (χ3v) is 7.31. The number of aryl methyl sites for hydroxylation is 1. The van der Waals surface area contributed by atoms with E-state index in [4.69, 9.17) is 0 Å². The summed E-state index contributed by atoms with van der Waals surface area (Å²) in [6.07, 6.45) is 3.80. The molecule has 2 bridgehead atoms. The monoisotopic (exact) mass is 338 g/mol. The van der Waals surface area contributed by atoms with Crippen LogP contribution in [0.4, 0.5) is 0 Å². The van der Waals surface area contributed by atoms with Gasteiger partial charge in [-0.1, -0.05) is 60.2 Å². The van der Waals surface area contributed by atoms with Crippen LogP contribution in [0.5, 0.6) is 0 Å². The highest BCUT2D eigenvalue weighted by molar-refractivity contribution is 7.92. The molecule has 4 unspecified atom stereocenters. The molecule has 2 aromatic rings. The van der Waals surface area contributed by atoms with E-state index >= 15 is 0 Å². The summed E-state index contributed by atoms with van der Waals surface area (Å²) >= 11 is 0. The Kier molecular flexibility index (Phi) is 3.46. The second-order valence-electron chi connectivity index (χ2n) is 6.61. The van der Waals surface area contributed by atoms with E-state index in [-0.39, 0.29) is 28.4 Å². The van der Waals surface area contributed by atoms with Gasteiger partial charge >= 0.3 is 0 Å². The topological polar surface area (TPSA) is 51.2 Å². The van der Waals surface area contributed by atoms with E-state index in [0.29, 0.717) is 0 Å². The number of sulfone groups is 1. The van der Waals surface area contributed by atoms with Crippen molar-refractivity contribution in [3.8, 4) is 0 Å². The van der Waals surface area contributed by atoms with Gasteiger partial charge in [0.05, 0.1) is 4.90 Å². The molecule has 2 aromatic carbocycles. The average molecular weight is 338 g/mol. The molecule has 122 valence electrons. The molecule has 2 aliphatic carbocycles. The molecule has 1 saturated carbocycles. The normalized spacial score (nSPS) is 28.5. The first-order valence-electron chi connectivity index (χ1n) is 8.08. The summed E-state index contributed by atoms with van der Waals surface area (Å²) in [6, 6.07) is 16.5. The Labute approximate surface area is 141 Å². The molecular weight excluding hydrogens is 320 g/mol. The van der Waals surface area contributed by atoms with Crippen LogP contribution in [0.3, 0.4) is 0 Å². The maximum absolute atomic E-state index is 13.1. The van der Waals surface area contributed by atoms with Gasteiger partial charge in [-0.25, -0.2) is 8.42 Å². The number of hydrogen-bond donors (Lipinski definition) is 0. The van der Waals surface area contributed by atoms with Crippen molar-refractivity contribution in [1.82, 2.24) is 0 Å². The fourth-order valence-corrected chi connectivity index (χ4v) is 5.95. The second-order valence-corrected chi connectivity index (χ2v) is 8.67. The molecule has 0 aliphatic heterocycles. The summed E-state index contributed by atoms with van der Waals surface area (Å²) < 4.78 is 26.1. The zero-order valence-corrected chi connectivity index (χ0v) is 14.1. The minimum absolute atomic E-state index is 0.0658. The van der Waals surface area contributed by atoms with Gasteiger partial charge < -0.3 is 0 Å². The van der Waals surface area contributed by atoms with Gasteiger partial charge in [0, 0.05) is 17.8 Å². The number of ketones is 1. The molecule has 0 spiro atoms. The zero-order valence-electron chi connectivity index (χ0n) is 13.3. The van der Waals surface area contributed by atoms with Crippen molar-refractivity contribution in [1.29, 1.82) is 0 Å². The first-order valence-corrected chi connectivity index (χ1v) is 9.62. The standard InChI is InChI=1S/C20H18O3S/c1-13-7-9-15(10-8-13)24(22,23)20-17-12-11-16(19(20)21)18(17)14-5-3-2-4-6-14/h2-12,16-18,20H,1H3. The third-order valence-electron chi connectivity index (χ3n) is 5.17. The van der Waals surface area contributed by atoms with Crippen LogP contribution < -0.4 is 0 Å². The van der Waals surface area contributed by atoms with Gasteiger partial charge in [0.1, 0.15) is 5.25 Å². The number of carbonyl (C=O) groups is 1. The molecule has 0 amide bonds. The number of carbonyl (C=O) groups excluding carboxylic acids is 1. The van der Waals surface area contributed by atoms with E-state index in [2.05, 4.69) is 0 Å². The molecule has 4 atom stereocenters. The van der Waals surface area contributed by atoms with E-state index in [1.807, 2.05) is 49.4 Å². The second kappa shape index (κ2) is 5.42. The number of Topliss-reactive ketones (excluding diaryl/α,β-unsaturated/α-hetero) is 1. The first kappa shape index (κ1) is 15.3. The summed E-state index contributed by atoms with van der Waals surface area (Å²) in [6.45, 7) is 1.91. The SMILES string of the molecule is Cc1ccc(S(=O)(=O)C2C(=O)C3C=CC2C3c2ccccc2)cc1. The summed E-state index contributed by atoms with van der Waals surface area (Å²) in [7, 11) is -3.68. The lowest BCUT2D eigenvalue weighted by atomic mass is 9.88. The molecule has 4 heteroatoms. The van der Waals surface area contributed by atoms with Gasteiger partial charge in [-0.3, -0.25) is 4.79 Å². The van der Waals surface area contributed by atoms with E-state index in [0.717, 1.165) is 11.1 Å². The maximum atomic E-state index is 13.1. The number of rotatable bonds is 3. The minimum Gasteiger partial charge on any atom is -0.298 e. The number of fused-ring (bicyclic) bond motifs is 2. The fourth-order valence-electron chi connectivity index (χ4n) is 4.01. The molecular formula is C20H18O3S. The summed E-state index contributed by atoms with van der Waals surface area (Å²) in [5, 5.41) is -0.972. The van der Waals surface area contributed by atoms with E-state index in [1.54, 1.807) is 24.3 Å². The lowest BCUT2D eigenvalue weighted by Crippen LogP contribution is -2.33. The van der Waals surface area contributed by atoms with Crippen molar-refractivity contribution in [2.45, 2.75) is 23.0 Å². The van der Waals surface area contributed by atoms with Gasteiger partial charge in [-0.05, 0) is 24.6 Å². The number of hydrogen-bond acceptors (Lipinski definition) is 3. The summed E-state index contributed by atoms with van der Waals surface area (Å²) in [5.41, 5.74) is 2.03. The molecule has 2 aliphatic rings. The van der Waals surface area contributed by atoms with Crippen molar-refractivity contribution >= 4 is 15.6 Å². The van der Waals surface area contributed by atoms with Gasteiger partial charge in [0.2, 0.25) is 0 Å². The van der Waals surface area contributed by atoms with Crippen LogP contribution in [0.25, 0.3) is 0 Å². The molecule has 24 heavy (non-hydrogen) atoms. The van der Waals surface area contributed by atoms with Crippen LogP contribution in [0, 0.1) is 18.8 Å². The van der Waals surface area contributed by atoms with Crippen molar-refractivity contribution < 1.29 is 13.2 Å². The Balaban J connectivity index is 1.76. The number of benzene rings is 2. The molecule has 0 saturated heterocycles. The quantitative estimate of drug-likeness (QED) is 0.807. The lowest BCUT2D eigenvalue weighted by molar-refractivity contribution is -0.119. The Hall–Kier alpha value is -2.20. The highest BCUT2D eigenvalue weighted by Gasteiger charge is 2.56. The van der Waals surface area contributed by atoms with Crippen LogP contribution in [0.2, 0.25) is 0 Å². The molecule has 3 nitrogen and oxygen atoms in total. The molecule has 0 radical (unpaired) electrons. The third kappa shape index (κ3) is 2.17. The first-order chi connectivity index (χ1) is 11.5. The van der Waals surface area contributed by atoms with Crippen LogP contribution in [-0.4, -0.2) is 19.5 Å². The molecule has 0 aromatic heterocycles. The summed E-state index contributed by atoms with van der Waals surface area (Å²) in [5.74, 6) is -0.848. The van der Waals surface area contributed by atoms with E-state index < -0.39 is 15.1 Å². The van der Waals surface area contributed by atoms with Crippen LogP contribution in [0.1, 0.15) is 17.0 Å². The summed E-state index contributed by atoms with van der Waals surface area (Å²) in [4.78, 5) is 13.0. The highest BCUT2D eigenvalue weighted by Crippen LogP contribution is 2.51. The van der Waals surface area contributed by atoms with Crippen LogP contribution >= 0.6 is 0 Å². The Bertz CT molecular complexity index is 911. The van der Waals surface area contributed by atoms with Gasteiger partial charge in [0.25, 0.3) is 0 Å². The molecule has 0 heterocycles. The largest absolute Gasteiger partial charge is 0.298 e. The van der Waals surface area contributed by atoms with Crippen molar-refractivity contribution in [2.75, 3.05) is 0 Å². The van der Waals surface area contributed by atoms with Gasteiger partial charge in [0.15, 0.2) is 15.6 Å². The van der Waals surface area contributed by atoms with E-state index in [9.17, 15) is 13.2 Å². The van der Waals surface area contributed by atoms with Crippen molar-refractivity contribution in [3.63, 3.8) is 0 Å². The van der Waals surface area contributed by atoms with E-state index in [1.165, 1.54) is 0 Å². The maximum Gasteiger partial charge on any atom is 0.188 e. The minimum atomic E-state index is -3.68. The van der Waals surface area contributed by atoms with Crippen LogP contribution in [-0.2, 0) is 14.6 Å². The Morgan fingerprint density at radius 1 is 0.875 bits per heavy atom. The van der Waals surface area contributed by atoms with Crippen molar-refractivity contribution in [3.05, 3.63) is 77.9 Å². The lowest BCUT2D eigenvalue weighted by Gasteiger charge is -2.19. The predicted molar refractivity (Wildman–Crippen MR) is 92.5 cm³/mol. The smallest absolute Gasteiger partial charge is 0.188 e. The fraction of sp³-hybridized carbons (Fsp3) is 0.250. The molecule has 4 rings (SSSR count). The van der Waals surface area contributed by atoms with Crippen LogP contribution in [0.15, 0.2) is 71.6 Å². The van der Waals surface area contributed by atoms with Crippen molar-refractivity contribution in [2.24, 2.45) is 11.8 Å². The Morgan fingerprint density at radius 2 is 1.54 bits per heavy atom. The predicted octanol–water partition coefficient (Wildman–Crippen LogP) is 3.31. The highest BCUT2D eigenvalue weighted by atomic mass is 32.2. The Morgan fingerprint density at radius 3 is 2.21 bits per heavy atom. The van der Waals surface area contributed by atoms with Gasteiger partial charge in [-0.2, -0.15) is 0 Å². The zero-order chi connectivity index (χ0) is 16.9. The molecule has 0 N–H and O–H groups in total. The molecule has 1 fully saturated rings. The van der Waals surface area contributed by atoms with Gasteiger partial charge in [-0.15, -0.1) is 0 Å². The average Bonchev–Trinajstić information content (AvgIpc) is 3.11. The number of allylic oxidation sites excluding steroid dienone is 2.